The number of carbonyl (C=O) groups excluding carboxylic acids is 1. The number of hydrogen-bond donors (Lipinski definition) is 2. The van der Waals surface area contributed by atoms with Gasteiger partial charge in [-0.15, -0.1) is 0 Å². The van der Waals surface area contributed by atoms with E-state index in [0.717, 1.165) is 0 Å². The minimum absolute atomic E-state index is 0.0227. The fourth-order valence-electron chi connectivity index (χ4n) is 1.07. The van der Waals surface area contributed by atoms with Crippen LogP contribution in [0.2, 0.25) is 0 Å². The zero-order chi connectivity index (χ0) is 10.0. The van der Waals surface area contributed by atoms with Gasteiger partial charge in [-0.3, -0.25) is 4.79 Å². The highest BCUT2D eigenvalue weighted by atomic mass is 79.9. The predicted octanol–water partition coefficient (Wildman–Crippen LogP) is -0.609. The van der Waals surface area contributed by atoms with E-state index in [-0.39, 0.29) is 6.61 Å². The number of aliphatic hydroxyl groups is 2. The van der Waals surface area contributed by atoms with Gasteiger partial charge in [-0.25, -0.2) is 0 Å². The van der Waals surface area contributed by atoms with E-state index in [9.17, 15) is 15.0 Å². The first kappa shape index (κ1) is 10.9. The Kier molecular flexibility index (Phi) is 3.66. The number of carbonyl (C=O) groups is 1. The van der Waals surface area contributed by atoms with E-state index >= 15 is 0 Å². The number of rotatable bonds is 1. The molecule has 1 fully saturated rings. The van der Waals surface area contributed by atoms with Gasteiger partial charge >= 0.3 is 5.97 Å². The highest BCUT2D eigenvalue weighted by molar-refractivity contribution is 9.09. The third-order valence-corrected chi connectivity index (χ3v) is 2.50. The zero-order valence-corrected chi connectivity index (χ0v) is 8.60. The third kappa shape index (κ3) is 2.63. The van der Waals surface area contributed by atoms with Crippen LogP contribution in [0, 0.1) is 0 Å². The molecule has 0 amide bonds. The fraction of sp³-hybridized carbons (Fsp3) is 0.857. The van der Waals surface area contributed by atoms with Crippen molar-refractivity contribution >= 4 is 21.9 Å². The summed E-state index contributed by atoms with van der Waals surface area (Å²) in [5.41, 5.74) is 0. The SMILES string of the molecule is CC(=O)O[C@@H]1C(Br)OC[C@@H](O)[C@H]1O. The largest absolute Gasteiger partial charge is 0.456 e. The molecule has 1 heterocycles. The molecule has 1 aliphatic rings. The Labute approximate surface area is 83.8 Å². The first-order valence-electron chi connectivity index (χ1n) is 3.81. The minimum Gasteiger partial charge on any atom is -0.456 e. The molecule has 6 heteroatoms. The molecule has 1 rings (SSSR count). The lowest BCUT2D eigenvalue weighted by molar-refractivity contribution is -0.188. The summed E-state index contributed by atoms with van der Waals surface area (Å²) < 4.78 is 9.77. The van der Waals surface area contributed by atoms with Crippen LogP contribution in [0.25, 0.3) is 0 Å². The maximum Gasteiger partial charge on any atom is 0.303 e. The number of esters is 1. The molecule has 4 atom stereocenters. The number of alkyl halides is 1. The Morgan fingerprint density at radius 3 is 2.77 bits per heavy atom. The molecule has 5 nitrogen and oxygen atoms in total. The van der Waals surface area contributed by atoms with Crippen LogP contribution in [0.3, 0.4) is 0 Å². The monoisotopic (exact) mass is 254 g/mol. The molecular weight excluding hydrogens is 244 g/mol. The van der Waals surface area contributed by atoms with E-state index in [2.05, 4.69) is 15.9 Å². The van der Waals surface area contributed by atoms with E-state index in [4.69, 9.17) is 9.47 Å². The Bertz CT molecular complexity index is 197. The Hall–Kier alpha value is -0.170. The highest BCUT2D eigenvalue weighted by Crippen LogP contribution is 2.22. The molecule has 0 aromatic rings. The van der Waals surface area contributed by atoms with Gasteiger partial charge in [-0.1, -0.05) is 15.9 Å². The van der Waals surface area contributed by atoms with Crippen LogP contribution in [0.1, 0.15) is 6.92 Å². The molecule has 0 bridgehead atoms. The molecule has 1 saturated heterocycles. The summed E-state index contributed by atoms with van der Waals surface area (Å²) >= 11 is 3.08. The van der Waals surface area contributed by atoms with Crippen LogP contribution in [0.5, 0.6) is 0 Å². The number of halogens is 1. The number of aliphatic hydroxyl groups excluding tert-OH is 2. The molecule has 1 unspecified atom stereocenters. The molecule has 0 aromatic heterocycles. The van der Waals surface area contributed by atoms with Crippen LogP contribution in [0.4, 0.5) is 0 Å². The highest BCUT2D eigenvalue weighted by Gasteiger charge is 2.39. The van der Waals surface area contributed by atoms with Gasteiger partial charge in [0.05, 0.1) is 6.61 Å². The topological polar surface area (TPSA) is 76.0 Å². The van der Waals surface area contributed by atoms with E-state index in [1.54, 1.807) is 0 Å². The lowest BCUT2D eigenvalue weighted by atomic mass is 10.1. The van der Waals surface area contributed by atoms with Crippen LogP contribution >= 0.6 is 15.9 Å². The molecule has 13 heavy (non-hydrogen) atoms. The van der Waals surface area contributed by atoms with Crippen LogP contribution in [0.15, 0.2) is 0 Å². The van der Waals surface area contributed by atoms with Crippen LogP contribution in [-0.4, -0.2) is 46.1 Å². The Balaban J connectivity index is 2.60. The summed E-state index contributed by atoms with van der Waals surface area (Å²) in [6, 6.07) is 0. The average Bonchev–Trinajstić information content (AvgIpc) is 2.05. The van der Waals surface area contributed by atoms with E-state index in [0.29, 0.717) is 0 Å². The molecule has 0 radical (unpaired) electrons. The van der Waals surface area contributed by atoms with Gasteiger partial charge < -0.3 is 19.7 Å². The van der Waals surface area contributed by atoms with E-state index in [1.807, 2.05) is 0 Å². The molecule has 0 aliphatic carbocycles. The Morgan fingerprint density at radius 2 is 2.23 bits per heavy atom. The number of ether oxygens (including phenoxy) is 2. The van der Waals surface area contributed by atoms with Crippen molar-refractivity contribution in [2.75, 3.05) is 6.61 Å². The second-order valence-electron chi connectivity index (χ2n) is 2.82. The quantitative estimate of drug-likeness (QED) is 0.483. The van der Waals surface area contributed by atoms with Gasteiger partial charge in [0.15, 0.2) is 11.1 Å². The minimum atomic E-state index is -1.11. The van der Waals surface area contributed by atoms with E-state index < -0.39 is 29.3 Å². The molecular formula is C7H11BrO5. The van der Waals surface area contributed by atoms with Crippen molar-refractivity contribution in [3.05, 3.63) is 0 Å². The van der Waals surface area contributed by atoms with Crippen molar-refractivity contribution in [2.45, 2.75) is 30.2 Å². The van der Waals surface area contributed by atoms with Crippen LogP contribution in [-0.2, 0) is 14.3 Å². The van der Waals surface area contributed by atoms with Crippen LogP contribution < -0.4 is 0 Å². The van der Waals surface area contributed by atoms with E-state index in [1.165, 1.54) is 6.92 Å². The lowest BCUT2D eigenvalue weighted by Gasteiger charge is -2.34. The fourth-order valence-corrected chi connectivity index (χ4v) is 1.65. The lowest BCUT2D eigenvalue weighted by Crippen LogP contribution is -2.52. The summed E-state index contributed by atoms with van der Waals surface area (Å²) in [5, 5.41) is 18.0. The zero-order valence-electron chi connectivity index (χ0n) is 7.01. The second-order valence-corrected chi connectivity index (χ2v) is 3.72. The third-order valence-electron chi connectivity index (χ3n) is 1.72. The molecule has 2 N–H and O–H groups in total. The maximum absolute atomic E-state index is 10.6. The van der Waals surface area contributed by atoms with Gasteiger partial charge in [0.25, 0.3) is 0 Å². The summed E-state index contributed by atoms with van der Waals surface area (Å²) in [4.78, 5) is 10.6. The molecule has 0 spiro atoms. The van der Waals surface area contributed by atoms with Crippen molar-refractivity contribution < 1.29 is 24.5 Å². The molecule has 0 saturated carbocycles. The Morgan fingerprint density at radius 1 is 1.62 bits per heavy atom. The number of hydrogen-bond acceptors (Lipinski definition) is 5. The molecule has 1 aliphatic heterocycles. The smallest absolute Gasteiger partial charge is 0.303 e. The summed E-state index contributed by atoms with van der Waals surface area (Å²) in [7, 11) is 0. The van der Waals surface area contributed by atoms with Gasteiger partial charge in [0.1, 0.15) is 12.2 Å². The average molecular weight is 255 g/mol. The van der Waals surface area contributed by atoms with Crippen molar-refractivity contribution in [3.63, 3.8) is 0 Å². The van der Waals surface area contributed by atoms with Gasteiger partial charge in [-0.05, 0) is 0 Å². The normalized spacial score (nSPS) is 40.0. The first-order valence-corrected chi connectivity index (χ1v) is 4.73. The maximum atomic E-state index is 10.6. The predicted molar refractivity (Wildman–Crippen MR) is 46.2 cm³/mol. The molecule has 0 aromatic carbocycles. The van der Waals surface area contributed by atoms with Gasteiger partial charge in [0, 0.05) is 6.92 Å². The van der Waals surface area contributed by atoms with Gasteiger partial charge in [-0.2, -0.15) is 0 Å². The summed E-state index contributed by atoms with van der Waals surface area (Å²) in [6.07, 6.45) is -2.98. The van der Waals surface area contributed by atoms with Crippen molar-refractivity contribution in [3.8, 4) is 0 Å². The van der Waals surface area contributed by atoms with Gasteiger partial charge in [0.2, 0.25) is 0 Å². The van der Waals surface area contributed by atoms with Crippen molar-refractivity contribution in [2.24, 2.45) is 0 Å². The summed E-state index contributed by atoms with van der Waals surface area (Å²) in [6.45, 7) is 1.25. The van der Waals surface area contributed by atoms with Crippen molar-refractivity contribution in [1.82, 2.24) is 0 Å². The molecule has 76 valence electrons. The summed E-state index contributed by atoms with van der Waals surface area (Å²) in [5.74, 6) is -0.522. The first-order chi connectivity index (χ1) is 6.02. The second kappa shape index (κ2) is 4.36. The van der Waals surface area contributed by atoms with Crippen molar-refractivity contribution in [1.29, 1.82) is 0 Å². The standard InChI is InChI=1S/C7H11BrO5/c1-3(9)13-6-5(11)4(10)2-12-7(6)8/h4-7,10-11H,2H2,1H3/t4-,5-,6+,7?/m1/s1.